The average molecular weight is 230 g/mol. The molecule has 0 aliphatic carbocycles. The van der Waals surface area contributed by atoms with E-state index in [2.05, 4.69) is 4.98 Å². The molecule has 1 aromatic heterocycles. The van der Waals surface area contributed by atoms with Gasteiger partial charge in [0.2, 0.25) is 0 Å². The minimum Gasteiger partial charge on any atom is -0.398 e. The van der Waals surface area contributed by atoms with Crippen LogP contribution in [0.25, 0.3) is 0 Å². The van der Waals surface area contributed by atoms with E-state index in [1.165, 1.54) is 24.3 Å². The number of nitrogens with two attached hydrogens (primary N) is 1. The van der Waals surface area contributed by atoms with Gasteiger partial charge in [-0.2, -0.15) is 0 Å². The van der Waals surface area contributed by atoms with Crippen LogP contribution >= 0.6 is 0 Å². The number of pyridine rings is 1. The Labute approximate surface area is 98.1 Å². The van der Waals surface area contributed by atoms with Gasteiger partial charge >= 0.3 is 0 Å². The third-order valence-corrected chi connectivity index (χ3v) is 2.46. The highest BCUT2D eigenvalue weighted by Crippen LogP contribution is 2.13. The maximum atomic E-state index is 12.7. The van der Waals surface area contributed by atoms with Gasteiger partial charge in [0.25, 0.3) is 0 Å². The number of benzene rings is 1. The lowest BCUT2D eigenvalue weighted by Crippen LogP contribution is -2.06. The smallest absolute Gasteiger partial charge is 0.167 e. The van der Waals surface area contributed by atoms with Crippen LogP contribution in [0.4, 0.5) is 10.1 Å². The third-order valence-electron chi connectivity index (χ3n) is 2.46. The Bertz CT molecular complexity index is 537. The quantitative estimate of drug-likeness (QED) is 0.822. The summed E-state index contributed by atoms with van der Waals surface area (Å²) in [5, 5.41) is 0. The van der Waals surface area contributed by atoms with Gasteiger partial charge in [-0.1, -0.05) is 0 Å². The molecule has 0 aliphatic heterocycles. The molecule has 4 heteroatoms. The summed E-state index contributed by atoms with van der Waals surface area (Å²) < 4.78 is 12.7. The van der Waals surface area contributed by atoms with Gasteiger partial charge in [0.15, 0.2) is 5.78 Å². The molecule has 0 spiro atoms. The van der Waals surface area contributed by atoms with Crippen molar-refractivity contribution >= 4 is 11.5 Å². The molecule has 2 rings (SSSR count). The van der Waals surface area contributed by atoms with Gasteiger partial charge in [0.05, 0.1) is 0 Å². The van der Waals surface area contributed by atoms with Crippen LogP contribution in [0.5, 0.6) is 0 Å². The van der Waals surface area contributed by atoms with E-state index in [1.807, 2.05) is 0 Å². The minimum absolute atomic E-state index is 0.107. The zero-order valence-electron chi connectivity index (χ0n) is 9.06. The molecule has 2 aromatic rings. The van der Waals surface area contributed by atoms with Gasteiger partial charge in [-0.3, -0.25) is 9.78 Å². The molecule has 0 bridgehead atoms. The predicted octanol–water partition coefficient (Wildman–Crippen LogP) is 2.23. The molecule has 0 amide bonds. The molecule has 0 aliphatic rings. The van der Waals surface area contributed by atoms with E-state index >= 15 is 0 Å². The molecule has 86 valence electrons. The lowest BCUT2D eigenvalue weighted by molar-refractivity contribution is 0.0993. The van der Waals surface area contributed by atoms with Crippen LogP contribution in [0.3, 0.4) is 0 Å². The fourth-order valence-electron chi connectivity index (χ4n) is 1.50. The number of carbonyl (C=O) groups excluding carboxylic acids is 1. The SMILES string of the molecule is Nc1ccncc1CC(=O)c1ccc(F)cc1. The van der Waals surface area contributed by atoms with Gasteiger partial charge in [-0.25, -0.2) is 4.39 Å². The van der Waals surface area contributed by atoms with E-state index in [1.54, 1.807) is 18.5 Å². The number of carbonyl (C=O) groups is 1. The molecule has 1 aromatic carbocycles. The summed E-state index contributed by atoms with van der Waals surface area (Å²) in [5.41, 5.74) is 7.41. The molecule has 0 saturated carbocycles. The number of rotatable bonds is 3. The van der Waals surface area contributed by atoms with Crippen molar-refractivity contribution in [1.82, 2.24) is 4.98 Å². The van der Waals surface area contributed by atoms with Crippen molar-refractivity contribution in [2.24, 2.45) is 0 Å². The molecule has 0 radical (unpaired) electrons. The maximum Gasteiger partial charge on any atom is 0.167 e. The number of anilines is 1. The van der Waals surface area contributed by atoms with E-state index in [0.29, 0.717) is 16.8 Å². The van der Waals surface area contributed by atoms with E-state index in [4.69, 9.17) is 5.73 Å². The Balaban J connectivity index is 2.17. The molecule has 1 heterocycles. The van der Waals surface area contributed by atoms with Gasteiger partial charge in [-0.15, -0.1) is 0 Å². The average Bonchev–Trinajstić information content (AvgIpc) is 2.33. The Morgan fingerprint density at radius 3 is 2.59 bits per heavy atom. The summed E-state index contributed by atoms with van der Waals surface area (Å²) in [7, 11) is 0. The maximum absolute atomic E-state index is 12.7. The fourth-order valence-corrected chi connectivity index (χ4v) is 1.50. The van der Waals surface area contributed by atoms with Gasteiger partial charge in [0, 0.05) is 35.6 Å². The topological polar surface area (TPSA) is 56.0 Å². The van der Waals surface area contributed by atoms with Crippen LogP contribution in [-0.4, -0.2) is 10.8 Å². The monoisotopic (exact) mass is 230 g/mol. The van der Waals surface area contributed by atoms with Crippen molar-refractivity contribution in [3.63, 3.8) is 0 Å². The van der Waals surface area contributed by atoms with Crippen molar-refractivity contribution in [1.29, 1.82) is 0 Å². The number of hydrogen-bond acceptors (Lipinski definition) is 3. The molecule has 3 nitrogen and oxygen atoms in total. The summed E-state index contributed by atoms with van der Waals surface area (Å²) in [5.74, 6) is -0.466. The number of ketones is 1. The molecule has 0 saturated heterocycles. The van der Waals surface area contributed by atoms with Crippen LogP contribution in [0, 0.1) is 5.82 Å². The van der Waals surface area contributed by atoms with Crippen LogP contribution in [0.2, 0.25) is 0 Å². The number of hydrogen-bond donors (Lipinski definition) is 1. The summed E-state index contributed by atoms with van der Waals surface area (Å²) in [4.78, 5) is 15.8. The number of Topliss-reactive ketones (excluding diaryl/α,β-unsaturated/α-hetero) is 1. The first-order chi connectivity index (χ1) is 8.16. The predicted molar refractivity (Wildman–Crippen MR) is 63.1 cm³/mol. The number of nitrogens with zero attached hydrogens (tertiary/aromatic N) is 1. The second-order valence-corrected chi connectivity index (χ2v) is 3.68. The van der Waals surface area contributed by atoms with Gasteiger partial charge < -0.3 is 5.73 Å². The molecule has 17 heavy (non-hydrogen) atoms. The molecule has 0 unspecified atom stereocenters. The van der Waals surface area contributed by atoms with Crippen LogP contribution in [0.15, 0.2) is 42.7 Å². The Morgan fingerprint density at radius 1 is 1.24 bits per heavy atom. The Kier molecular flexibility index (Phi) is 3.14. The van der Waals surface area contributed by atoms with Crippen molar-refractivity contribution in [3.05, 3.63) is 59.7 Å². The highest BCUT2D eigenvalue weighted by Gasteiger charge is 2.09. The largest absolute Gasteiger partial charge is 0.398 e. The summed E-state index contributed by atoms with van der Waals surface area (Å²) >= 11 is 0. The van der Waals surface area contributed by atoms with Crippen molar-refractivity contribution in [3.8, 4) is 0 Å². The van der Waals surface area contributed by atoms with Crippen molar-refractivity contribution in [2.45, 2.75) is 6.42 Å². The van der Waals surface area contributed by atoms with Crippen molar-refractivity contribution in [2.75, 3.05) is 5.73 Å². The van der Waals surface area contributed by atoms with E-state index < -0.39 is 0 Å². The zero-order valence-corrected chi connectivity index (χ0v) is 9.06. The highest BCUT2D eigenvalue weighted by atomic mass is 19.1. The summed E-state index contributed by atoms with van der Waals surface area (Å²) in [6.07, 6.45) is 3.31. The van der Waals surface area contributed by atoms with Crippen LogP contribution < -0.4 is 5.73 Å². The standard InChI is InChI=1S/C13H11FN2O/c14-11-3-1-9(2-4-11)13(17)7-10-8-16-6-5-12(10)15/h1-6,8H,7H2,(H2,15,16). The van der Waals surface area contributed by atoms with Crippen LogP contribution in [-0.2, 0) is 6.42 Å². The first kappa shape index (κ1) is 11.3. The Hall–Kier alpha value is -2.23. The lowest BCUT2D eigenvalue weighted by Gasteiger charge is -2.04. The Morgan fingerprint density at radius 2 is 1.94 bits per heavy atom. The second-order valence-electron chi connectivity index (χ2n) is 3.68. The fraction of sp³-hybridized carbons (Fsp3) is 0.0769. The molecule has 0 atom stereocenters. The van der Waals surface area contributed by atoms with E-state index in [-0.39, 0.29) is 18.0 Å². The van der Waals surface area contributed by atoms with Crippen molar-refractivity contribution < 1.29 is 9.18 Å². The van der Waals surface area contributed by atoms with Crippen LogP contribution in [0.1, 0.15) is 15.9 Å². The molecular formula is C13H11FN2O. The third kappa shape index (κ3) is 2.66. The second kappa shape index (κ2) is 4.74. The number of nitrogen functional groups attached to an aromatic ring is 1. The summed E-state index contributed by atoms with van der Waals surface area (Å²) in [6, 6.07) is 7.10. The first-order valence-corrected chi connectivity index (χ1v) is 5.14. The summed E-state index contributed by atoms with van der Waals surface area (Å²) in [6.45, 7) is 0. The molecule has 2 N–H and O–H groups in total. The van der Waals surface area contributed by atoms with Gasteiger partial charge in [-0.05, 0) is 30.3 Å². The molecular weight excluding hydrogens is 219 g/mol. The minimum atomic E-state index is -0.359. The normalized spacial score (nSPS) is 10.2. The van der Waals surface area contributed by atoms with E-state index in [0.717, 1.165) is 0 Å². The number of aromatic nitrogens is 1. The highest BCUT2D eigenvalue weighted by molar-refractivity contribution is 5.98. The lowest BCUT2D eigenvalue weighted by atomic mass is 10.0. The molecule has 0 fully saturated rings. The van der Waals surface area contributed by atoms with Gasteiger partial charge in [0.1, 0.15) is 5.82 Å². The zero-order chi connectivity index (χ0) is 12.3. The number of halogens is 1. The van der Waals surface area contributed by atoms with E-state index in [9.17, 15) is 9.18 Å². The first-order valence-electron chi connectivity index (χ1n) is 5.14.